The maximum Gasteiger partial charge on any atom is 0.354 e. The molecule has 22 heavy (non-hydrogen) atoms. The van der Waals surface area contributed by atoms with E-state index in [-0.39, 0.29) is 17.1 Å². The normalized spacial score (nSPS) is 10.9. The molecule has 0 fully saturated rings. The molecule has 0 bridgehead atoms. The van der Waals surface area contributed by atoms with E-state index < -0.39 is 11.8 Å². The quantitative estimate of drug-likeness (QED) is 0.647. The zero-order chi connectivity index (χ0) is 15.9. The van der Waals surface area contributed by atoms with Crippen molar-refractivity contribution in [2.24, 2.45) is 7.05 Å². The van der Waals surface area contributed by atoms with E-state index in [1.807, 2.05) is 22.6 Å². The number of aryl methyl sites for hydroxylation is 1. The highest BCUT2D eigenvalue weighted by atomic mass is 127. The van der Waals surface area contributed by atoms with E-state index in [2.05, 4.69) is 15.5 Å². The maximum absolute atomic E-state index is 14.0. The molecule has 0 spiro atoms. The van der Waals surface area contributed by atoms with Gasteiger partial charge in [-0.05, 0) is 46.9 Å². The topological polar surface area (TPSA) is 80.0 Å². The Balaban J connectivity index is 2.21. The largest absolute Gasteiger partial charge is 0.477 e. The molecule has 1 aromatic carbocycles. The van der Waals surface area contributed by atoms with Gasteiger partial charge < -0.3 is 15.0 Å². The van der Waals surface area contributed by atoms with Gasteiger partial charge in [0.2, 0.25) is 0 Å². The van der Waals surface area contributed by atoms with E-state index in [1.165, 1.54) is 16.8 Å². The number of halogens is 2. The second-order valence-electron chi connectivity index (χ2n) is 4.60. The lowest BCUT2D eigenvalue weighted by Crippen LogP contribution is -2.07. The van der Waals surface area contributed by atoms with Gasteiger partial charge in [-0.25, -0.2) is 9.18 Å². The van der Waals surface area contributed by atoms with Crippen LogP contribution in [0.1, 0.15) is 10.5 Å². The van der Waals surface area contributed by atoms with Crippen LogP contribution in [0.3, 0.4) is 0 Å². The molecule has 3 rings (SSSR count). The molecule has 2 N–H and O–H groups in total. The summed E-state index contributed by atoms with van der Waals surface area (Å²) in [5.74, 6) is -1.60. The van der Waals surface area contributed by atoms with Crippen LogP contribution in [0.5, 0.6) is 0 Å². The van der Waals surface area contributed by atoms with Gasteiger partial charge in [-0.1, -0.05) is 0 Å². The highest BCUT2D eigenvalue weighted by molar-refractivity contribution is 14.1. The molecule has 0 saturated heterocycles. The first-order valence-corrected chi connectivity index (χ1v) is 7.32. The number of benzene rings is 1. The number of hydrogen-bond acceptors (Lipinski definition) is 4. The zero-order valence-electron chi connectivity index (χ0n) is 11.3. The fourth-order valence-corrected chi connectivity index (χ4v) is 2.72. The zero-order valence-corrected chi connectivity index (χ0v) is 13.5. The van der Waals surface area contributed by atoms with Gasteiger partial charge in [-0.15, -0.1) is 5.10 Å². The SMILES string of the molecule is Cn1c(C(=O)O)c(Nc2ccc(I)cc2F)c2nnccc21. The van der Waals surface area contributed by atoms with Gasteiger partial charge in [0.1, 0.15) is 17.0 Å². The van der Waals surface area contributed by atoms with Crippen LogP contribution in [-0.4, -0.2) is 25.8 Å². The van der Waals surface area contributed by atoms with Gasteiger partial charge in [0.25, 0.3) is 0 Å². The van der Waals surface area contributed by atoms with Crippen molar-refractivity contribution in [3.05, 3.63) is 45.5 Å². The van der Waals surface area contributed by atoms with Crippen molar-refractivity contribution in [3.8, 4) is 0 Å². The summed E-state index contributed by atoms with van der Waals surface area (Å²) in [6.45, 7) is 0. The second-order valence-corrected chi connectivity index (χ2v) is 5.85. The summed E-state index contributed by atoms with van der Waals surface area (Å²) in [5, 5.41) is 20.0. The van der Waals surface area contributed by atoms with Gasteiger partial charge in [-0.3, -0.25) is 0 Å². The Morgan fingerprint density at radius 3 is 2.86 bits per heavy atom. The lowest BCUT2D eigenvalue weighted by Gasteiger charge is -2.08. The Bertz CT molecular complexity index is 894. The van der Waals surface area contributed by atoms with Crippen LogP contribution in [0.15, 0.2) is 30.5 Å². The maximum atomic E-state index is 14.0. The highest BCUT2D eigenvalue weighted by Crippen LogP contribution is 2.32. The van der Waals surface area contributed by atoms with Crippen molar-refractivity contribution in [2.75, 3.05) is 5.32 Å². The predicted molar refractivity (Wildman–Crippen MR) is 87.9 cm³/mol. The summed E-state index contributed by atoms with van der Waals surface area (Å²) in [6.07, 6.45) is 1.48. The Labute approximate surface area is 138 Å². The van der Waals surface area contributed by atoms with Crippen molar-refractivity contribution in [2.45, 2.75) is 0 Å². The minimum atomic E-state index is -1.13. The van der Waals surface area contributed by atoms with Crippen LogP contribution in [0.4, 0.5) is 15.8 Å². The summed E-state index contributed by atoms with van der Waals surface area (Å²) in [5.41, 5.74) is 1.37. The molecular formula is C14H10FIN4O2. The first-order chi connectivity index (χ1) is 10.5. The summed E-state index contributed by atoms with van der Waals surface area (Å²) in [6, 6.07) is 6.30. The number of carboxylic acids is 1. The molecule has 8 heteroatoms. The third kappa shape index (κ3) is 2.39. The Hall–Kier alpha value is -2.23. The average molecular weight is 412 g/mol. The van der Waals surface area contributed by atoms with Crippen LogP contribution >= 0.6 is 22.6 Å². The fourth-order valence-electron chi connectivity index (χ4n) is 2.27. The van der Waals surface area contributed by atoms with Crippen LogP contribution in [0.25, 0.3) is 11.0 Å². The molecule has 3 aromatic rings. The van der Waals surface area contributed by atoms with Gasteiger partial charge >= 0.3 is 5.97 Å². The molecular weight excluding hydrogens is 402 g/mol. The predicted octanol–water partition coefficient (Wildman–Crippen LogP) is 3.15. The number of hydrogen-bond donors (Lipinski definition) is 2. The van der Waals surface area contributed by atoms with E-state index in [4.69, 9.17) is 0 Å². The van der Waals surface area contributed by atoms with Crippen molar-refractivity contribution in [1.29, 1.82) is 0 Å². The number of fused-ring (bicyclic) bond motifs is 1. The van der Waals surface area contributed by atoms with E-state index in [0.29, 0.717) is 11.0 Å². The number of nitrogens with zero attached hydrogens (tertiary/aromatic N) is 3. The summed E-state index contributed by atoms with van der Waals surface area (Å²) in [7, 11) is 1.61. The fraction of sp³-hybridized carbons (Fsp3) is 0.0714. The van der Waals surface area contributed by atoms with E-state index in [1.54, 1.807) is 25.2 Å². The number of carbonyl (C=O) groups is 1. The second kappa shape index (κ2) is 5.52. The molecule has 6 nitrogen and oxygen atoms in total. The molecule has 0 unspecified atom stereocenters. The summed E-state index contributed by atoms with van der Waals surface area (Å²) in [4.78, 5) is 11.5. The minimum absolute atomic E-state index is 0.00606. The first-order valence-electron chi connectivity index (χ1n) is 6.24. The van der Waals surface area contributed by atoms with Crippen molar-refractivity contribution >= 4 is 51.0 Å². The van der Waals surface area contributed by atoms with Gasteiger partial charge in [-0.2, -0.15) is 5.10 Å². The van der Waals surface area contributed by atoms with Crippen molar-refractivity contribution < 1.29 is 14.3 Å². The van der Waals surface area contributed by atoms with Gasteiger partial charge in [0.15, 0.2) is 5.69 Å². The van der Waals surface area contributed by atoms with E-state index >= 15 is 0 Å². The molecule has 0 atom stereocenters. The average Bonchev–Trinajstić information content (AvgIpc) is 2.75. The number of nitrogens with one attached hydrogen (secondary N) is 1. The van der Waals surface area contributed by atoms with Crippen molar-refractivity contribution in [1.82, 2.24) is 14.8 Å². The van der Waals surface area contributed by atoms with Gasteiger partial charge in [0.05, 0.1) is 17.4 Å². The van der Waals surface area contributed by atoms with Crippen LogP contribution in [0.2, 0.25) is 0 Å². The number of anilines is 2. The van der Waals surface area contributed by atoms with Crippen molar-refractivity contribution in [3.63, 3.8) is 0 Å². The smallest absolute Gasteiger partial charge is 0.354 e. The highest BCUT2D eigenvalue weighted by Gasteiger charge is 2.22. The monoisotopic (exact) mass is 412 g/mol. The molecule has 2 heterocycles. The molecule has 0 aliphatic heterocycles. The van der Waals surface area contributed by atoms with E-state index in [0.717, 1.165) is 3.57 Å². The number of aromatic nitrogens is 3. The number of aromatic carboxylic acids is 1. The molecule has 0 radical (unpaired) electrons. The summed E-state index contributed by atoms with van der Waals surface area (Å²) >= 11 is 2.00. The standard InChI is InChI=1S/C14H10FIN4O2/c1-20-10-4-5-17-19-11(10)12(13(20)14(21)22)18-9-3-2-7(16)6-8(9)15/h2-6,18H,1H3,(H,21,22). The van der Waals surface area contributed by atoms with Crippen LogP contribution < -0.4 is 5.32 Å². The Kier molecular flexibility index (Phi) is 3.69. The molecule has 112 valence electrons. The summed E-state index contributed by atoms with van der Waals surface area (Å²) < 4.78 is 16.3. The lowest BCUT2D eigenvalue weighted by molar-refractivity contribution is 0.0688. The molecule has 0 saturated carbocycles. The molecule has 2 aromatic heterocycles. The van der Waals surface area contributed by atoms with Crippen LogP contribution in [-0.2, 0) is 7.05 Å². The molecule has 0 aliphatic rings. The number of rotatable bonds is 3. The third-order valence-corrected chi connectivity index (χ3v) is 3.93. The third-order valence-electron chi connectivity index (χ3n) is 3.26. The van der Waals surface area contributed by atoms with Crippen LogP contribution in [0, 0.1) is 9.39 Å². The van der Waals surface area contributed by atoms with Gasteiger partial charge in [0, 0.05) is 10.6 Å². The Morgan fingerprint density at radius 2 is 2.18 bits per heavy atom. The number of carboxylic acid groups (broad SMARTS) is 1. The molecule has 0 amide bonds. The first kappa shape index (κ1) is 14.7. The van der Waals surface area contributed by atoms with E-state index in [9.17, 15) is 14.3 Å². The molecule has 0 aliphatic carbocycles. The Morgan fingerprint density at radius 1 is 1.41 bits per heavy atom. The lowest BCUT2D eigenvalue weighted by atomic mass is 10.2. The minimum Gasteiger partial charge on any atom is -0.477 e.